The van der Waals surface area contributed by atoms with Crippen molar-refractivity contribution in [3.8, 4) is 0 Å². The van der Waals surface area contributed by atoms with Gasteiger partial charge in [0, 0.05) is 17.9 Å². The van der Waals surface area contributed by atoms with E-state index in [4.69, 9.17) is 0 Å². The summed E-state index contributed by atoms with van der Waals surface area (Å²) in [5, 5.41) is 0. The minimum absolute atomic E-state index is 0.00434. The van der Waals surface area contributed by atoms with Gasteiger partial charge in [-0.05, 0) is 42.9 Å². The summed E-state index contributed by atoms with van der Waals surface area (Å²) in [5.74, 6) is 1.17. The van der Waals surface area contributed by atoms with Gasteiger partial charge in [-0.25, -0.2) is 13.1 Å². The van der Waals surface area contributed by atoms with Gasteiger partial charge in [-0.2, -0.15) is 0 Å². The third kappa shape index (κ3) is 2.88. The maximum atomic E-state index is 12.8. The fourth-order valence-electron chi connectivity index (χ4n) is 5.50. The van der Waals surface area contributed by atoms with Gasteiger partial charge in [0.05, 0.1) is 5.75 Å². The van der Waals surface area contributed by atoms with Crippen molar-refractivity contribution < 1.29 is 13.2 Å². The van der Waals surface area contributed by atoms with Crippen molar-refractivity contribution in [1.82, 2.24) is 4.72 Å². The van der Waals surface area contributed by atoms with Crippen LogP contribution in [0.3, 0.4) is 0 Å². The first kappa shape index (κ1) is 17.4. The van der Waals surface area contributed by atoms with Gasteiger partial charge in [0.25, 0.3) is 0 Å². The van der Waals surface area contributed by atoms with Crippen molar-refractivity contribution in [2.75, 3.05) is 5.75 Å². The average molecular weight is 342 g/mol. The van der Waals surface area contributed by atoms with Gasteiger partial charge in [0.2, 0.25) is 10.0 Å². The highest BCUT2D eigenvalue weighted by Crippen LogP contribution is 2.64. The van der Waals surface area contributed by atoms with Crippen LogP contribution in [0, 0.1) is 22.7 Å². The minimum atomic E-state index is -3.41. The molecule has 0 aromatic rings. The molecule has 2 bridgehead atoms. The normalized spacial score (nSPS) is 39.8. The first-order chi connectivity index (χ1) is 10.7. The Morgan fingerprint density at radius 2 is 1.96 bits per heavy atom. The van der Waals surface area contributed by atoms with Gasteiger partial charge in [-0.3, -0.25) is 4.79 Å². The molecule has 4 nitrogen and oxygen atoms in total. The SMILES string of the molecule is CCC1CCCC(NS(=O)(=O)CC23CCC(CC2=O)C3(C)C)C1. The topological polar surface area (TPSA) is 63.2 Å². The summed E-state index contributed by atoms with van der Waals surface area (Å²) >= 11 is 0. The molecule has 3 saturated carbocycles. The second kappa shape index (κ2) is 5.83. The first-order valence-electron chi connectivity index (χ1n) is 9.23. The Balaban J connectivity index is 1.72. The lowest BCUT2D eigenvalue weighted by Crippen LogP contribution is -2.48. The van der Waals surface area contributed by atoms with Gasteiger partial charge in [0.15, 0.2) is 0 Å². The second-order valence-electron chi connectivity index (χ2n) is 8.68. The van der Waals surface area contributed by atoms with E-state index in [9.17, 15) is 13.2 Å². The number of carbonyl (C=O) groups excluding carboxylic acids is 1. The van der Waals surface area contributed by atoms with Crippen LogP contribution >= 0.6 is 0 Å². The number of sulfonamides is 1. The Kier molecular flexibility index (Phi) is 4.41. The van der Waals surface area contributed by atoms with E-state index in [2.05, 4.69) is 25.5 Å². The smallest absolute Gasteiger partial charge is 0.212 e. The van der Waals surface area contributed by atoms with Crippen LogP contribution in [0.1, 0.15) is 72.1 Å². The quantitative estimate of drug-likeness (QED) is 0.835. The molecule has 0 aromatic heterocycles. The minimum Gasteiger partial charge on any atom is -0.299 e. The Hall–Kier alpha value is -0.420. The van der Waals surface area contributed by atoms with E-state index in [1.165, 1.54) is 6.42 Å². The Morgan fingerprint density at radius 3 is 2.52 bits per heavy atom. The zero-order chi connectivity index (χ0) is 16.9. The van der Waals surface area contributed by atoms with E-state index >= 15 is 0 Å². The van der Waals surface area contributed by atoms with E-state index in [0.717, 1.165) is 38.5 Å². The van der Waals surface area contributed by atoms with Crippen molar-refractivity contribution in [2.24, 2.45) is 22.7 Å². The molecule has 0 aliphatic heterocycles. The second-order valence-corrected chi connectivity index (χ2v) is 10.4. The molecule has 3 rings (SSSR count). The van der Waals surface area contributed by atoms with Crippen LogP contribution < -0.4 is 4.72 Å². The third-order valence-electron chi connectivity index (χ3n) is 7.28. The maximum Gasteiger partial charge on any atom is 0.212 e. The van der Waals surface area contributed by atoms with Crippen LogP contribution in [0.25, 0.3) is 0 Å². The summed E-state index contributed by atoms with van der Waals surface area (Å²) in [5.41, 5.74) is -0.834. The van der Waals surface area contributed by atoms with Crippen LogP contribution in [0.4, 0.5) is 0 Å². The molecule has 0 spiro atoms. The average Bonchev–Trinajstić information content (AvgIpc) is 2.80. The van der Waals surface area contributed by atoms with Crippen molar-refractivity contribution in [3.63, 3.8) is 0 Å². The summed E-state index contributed by atoms with van der Waals surface area (Å²) in [6, 6.07) is 0.0620. The fraction of sp³-hybridized carbons (Fsp3) is 0.944. The molecule has 0 saturated heterocycles. The lowest BCUT2D eigenvalue weighted by Gasteiger charge is -2.37. The number of hydrogen-bond donors (Lipinski definition) is 1. The predicted octanol–water partition coefficient (Wildman–Crippen LogP) is 3.27. The summed E-state index contributed by atoms with van der Waals surface area (Å²) in [4.78, 5) is 12.5. The zero-order valence-corrected chi connectivity index (χ0v) is 15.5. The summed E-state index contributed by atoms with van der Waals surface area (Å²) in [6.07, 6.45) is 7.63. The number of Topliss-reactive ketones (excluding diaryl/α,β-unsaturated/α-hetero) is 1. The Bertz CT molecular complexity index is 583. The number of nitrogens with one attached hydrogen (secondary N) is 1. The van der Waals surface area contributed by atoms with Crippen molar-refractivity contribution in [2.45, 2.75) is 78.2 Å². The van der Waals surface area contributed by atoms with E-state index in [0.29, 0.717) is 18.3 Å². The third-order valence-corrected chi connectivity index (χ3v) is 8.85. The molecular formula is C18H31NO3S. The molecule has 0 amide bonds. The van der Waals surface area contributed by atoms with E-state index in [1.54, 1.807) is 0 Å². The lowest BCUT2D eigenvalue weighted by atomic mass is 9.70. The summed E-state index contributed by atoms with van der Waals surface area (Å²) < 4.78 is 28.5. The monoisotopic (exact) mass is 341 g/mol. The highest BCUT2D eigenvalue weighted by atomic mass is 32.2. The van der Waals surface area contributed by atoms with Gasteiger partial charge < -0.3 is 0 Å². The van der Waals surface area contributed by atoms with Crippen LogP contribution in [0.5, 0.6) is 0 Å². The molecule has 5 heteroatoms. The fourth-order valence-corrected chi connectivity index (χ4v) is 7.63. The molecule has 1 N–H and O–H groups in total. The van der Waals surface area contributed by atoms with Crippen LogP contribution in [-0.4, -0.2) is 26.0 Å². The predicted molar refractivity (Wildman–Crippen MR) is 91.5 cm³/mol. The molecular weight excluding hydrogens is 310 g/mol. The maximum absolute atomic E-state index is 12.8. The number of ketones is 1. The standard InChI is InChI=1S/C18H31NO3S/c1-4-13-6-5-7-15(10-13)19-23(21,22)12-18-9-8-14(11-16(18)20)17(18,2)3/h13-15,19H,4-12H2,1-3H3. The molecule has 3 aliphatic rings. The Labute approximate surface area is 140 Å². The van der Waals surface area contributed by atoms with Crippen LogP contribution in [0.15, 0.2) is 0 Å². The molecule has 23 heavy (non-hydrogen) atoms. The summed E-state index contributed by atoms with van der Waals surface area (Å²) in [7, 11) is -3.41. The lowest BCUT2D eigenvalue weighted by molar-refractivity contribution is -0.128. The number of rotatable bonds is 5. The molecule has 4 unspecified atom stereocenters. The highest BCUT2D eigenvalue weighted by molar-refractivity contribution is 7.89. The van der Waals surface area contributed by atoms with Gasteiger partial charge in [-0.1, -0.05) is 40.0 Å². The van der Waals surface area contributed by atoms with Crippen molar-refractivity contribution >= 4 is 15.8 Å². The van der Waals surface area contributed by atoms with Gasteiger partial charge in [0.1, 0.15) is 5.78 Å². The molecule has 132 valence electrons. The highest BCUT2D eigenvalue weighted by Gasteiger charge is 2.65. The summed E-state index contributed by atoms with van der Waals surface area (Å²) in [6.45, 7) is 6.37. The number of hydrogen-bond acceptors (Lipinski definition) is 3. The number of fused-ring (bicyclic) bond motifs is 2. The Morgan fingerprint density at radius 1 is 1.22 bits per heavy atom. The largest absolute Gasteiger partial charge is 0.299 e. The molecule has 0 aromatic carbocycles. The molecule has 0 radical (unpaired) electrons. The van der Waals surface area contributed by atoms with Crippen molar-refractivity contribution in [1.29, 1.82) is 0 Å². The van der Waals surface area contributed by atoms with Crippen LogP contribution in [0.2, 0.25) is 0 Å². The molecule has 4 atom stereocenters. The van der Waals surface area contributed by atoms with E-state index in [1.807, 2.05) is 0 Å². The first-order valence-corrected chi connectivity index (χ1v) is 10.9. The van der Waals surface area contributed by atoms with E-state index in [-0.39, 0.29) is 23.0 Å². The van der Waals surface area contributed by atoms with Crippen molar-refractivity contribution in [3.05, 3.63) is 0 Å². The van der Waals surface area contributed by atoms with Gasteiger partial charge >= 0.3 is 0 Å². The molecule has 3 fully saturated rings. The zero-order valence-electron chi connectivity index (χ0n) is 14.7. The van der Waals surface area contributed by atoms with E-state index < -0.39 is 15.4 Å². The van der Waals surface area contributed by atoms with Crippen LogP contribution in [-0.2, 0) is 14.8 Å². The number of carbonyl (C=O) groups is 1. The van der Waals surface area contributed by atoms with Gasteiger partial charge in [-0.15, -0.1) is 0 Å². The molecule has 0 heterocycles. The molecule has 3 aliphatic carbocycles.